The van der Waals surface area contributed by atoms with E-state index in [-0.39, 0.29) is 18.4 Å². The predicted octanol–water partition coefficient (Wildman–Crippen LogP) is 3.07. The Morgan fingerprint density at radius 1 is 1.24 bits per heavy atom. The molecule has 0 bridgehead atoms. The summed E-state index contributed by atoms with van der Waals surface area (Å²) < 4.78 is 0. The van der Waals surface area contributed by atoms with Gasteiger partial charge in [-0.15, -0.1) is 0 Å². The molecule has 1 aromatic carbocycles. The number of rotatable bonds is 6. The van der Waals surface area contributed by atoms with Gasteiger partial charge >= 0.3 is 5.97 Å². The van der Waals surface area contributed by atoms with E-state index in [2.05, 4.69) is 24.4 Å². The predicted molar refractivity (Wildman–Crippen MR) is 80.9 cm³/mol. The highest BCUT2D eigenvalue weighted by Crippen LogP contribution is 2.34. The molecule has 2 unspecified atom stereocenters. The number of aliphatic carboxylic acids is 1. The lowest BCUT2D eigenvalue weighted by molar-refractivity contribution is -0.137. The number of carbonyl (C=O) groups excluding carboxylic acids is 1. The molecule has 0 heterocycles. The van der Waals surface area contributed by atoms with Crippen LogP contribution in [0.5, 0.6) is 0 Å². The molecule has 114 valence electrons. The molecular formula is C17H23NO3. The van der Waals surface area contributed by atoms with Gasteiger partial charge in [0.2, 0.25) is 5.91 Å². The summed E-state index contributed by atoms with van der Waals surface area (Å²) >= 11 is 0. The van der Waals surface area contributed by atoms with E-state index in [1.165, 1.54) is 11.1 Å². The van der Waals surface area contributed by atoms with Crippen LogP contribution in [0.1, 0.15) is 56.2 Å². The van der Waals surface area contributed by atoms with Crippen LogP contribution in [0.25, 0.3) is 0 Å². The number of nitrogens with one attached hydrogen (secondary N) is 1. The van der Waals surface area contributed by atoms with Crippen molar-refractivity contribution in [3.63, 3.8) is 0 Å². The van der Waals surface area contributed by atoms with E-state index in [1.807, 2.05) is 12.1 Å². The van der Waals surface area contributed by atoms with E-state index in [0.29, 0.717) is 25.2 Å². The Kier molecular flexibility index (Phi) is 5.37. The van der Waals surface area contributed by atoms with Gasteiger partial charge in [-0.25, -0.2) is 0 Å². The maximum Gasteiger partial charge on any atom is 0.303 e. The molecule has 0 aromatic heterocycles. The summed E-state index contributed by atoms with van der Waals surface area (Å²) in [5.41, 5.74) is 2.56. The van der Waals surface area contributed by atoms with E-state index in [4.69, 9.17) is 5.11 Å². The molecule has 21 heavy (non-hydrogen) atoms. The first-order chi connectivity index (χ1) is 10.1. The Morgan fingerprint density at radius 3 is 2.71 bits per heavy atom. The zero-order chi connectivity index (χ0) is 15.2. The second-order valence-corrected chi connectivity index (χ2v) is 5.86. The van der Waals surface area contributed by atoms with Gasteiger partial charge in [-0.05, 0) is 42.7 Å². The molecule has 0 aliphatic heterocycles. The highest BCUT2D eigenvalue weighted by Gasteiger charge is 2.27. The van der Waals surface area contributed by atoms with Gasteiger partial charge in [-0.1, -0.05) is 31.2 Å². The molecule has 0 spiro atoms. The van der Waals surface area contributed by atoms with Gasteiger partial charge in [0.15, 0.2) is 0 Å². The molecule has 1 aliphatic rings. The third kappa shape index (κ3) is 4.31. The number of hydrogen-bond acceptors (Lipinski definition) is 2. The number of amides is 1. The summed E-state index contributed by atoms with van der Waals surface area (Å²) in [6, 6.07) is 8.37. The topological polar surface area (TPSA) is 66.4 Å². The van der Waals surface area contributed by atoms with E-state index >= 15 is 0 Å². The maximum atomic E-state index is 12.1. The molecular weight excluding hydrogens is 266 g/mol. The lowest BCUT2D eigenvalue weighted by Crippen LogP contribution is -2.35. The minimum absolute atomic E-state index is 0.0222. The van der Waals surface area contributed by atoms with Crippen molar-refractivity contribution in [1.29, 1.82) is 0 Å². The molecule has 0 saturated heterocycles. The zero-order valence-corrected chi connectivity index (χ0v) is 12.5. The van der Waals surface area contributed by atoms with Gasteiger partial charge in [0.25, 0.3) is 0 Å². The molecule has 0 radical (unpaired) electrons. The number of carbonyl (C=O) groups is 2. The number of unbranched alkanes of at least 4 members (excludes halogenated alkanes) is 1. The summed E-state index contributed by atoms with van der Waals surface area (Å²) in [5.74, 6) is -0.345. The van der Waals surface area contributed by atoms with E-state index in [0.717, 1.165) is 12.8 Å². The van der Waals surface area contributed by atoms with E-state index < -0.39 is 5.97 Å². The van der Waals surface area contributed by atoms with Gasteiger partial charge in [0, 0.05) is 12.8 Å². The van der Waals surface area contributed by atoms with E-state index in [1.54, 1.807) is 0 Å². The summed E-state index contributed by atoms with van der Waals surface area (Å²) in [6.07, 6.45) is 3.87. The van der Waals surface area contributed by atoms with Crippen LogP contribution in [0.15, 0.2) is 24.3 Å². The summed E-state index contributed by atoms with van der Waals surface area (Å²) in [4.78, 5) is 22.5. The van der Waals surface area contributed by atoms with Crippen LogP contribution in [0, 0.1) is 5.92 Å². The highest BCUT2D eigenvalue weighted by molar-refractivity contribution is 5.76. The van der Waals surface area contributed by atoms with Gasteiger partial charge < -0.3 is 10.4 Å². The van der Waals surface area contributed by atoms with Crippen LogP contribution < -0.4 is 5.32 Å². The normalized spacial score (nSPS) is 20.6. The van der Waals surface area contributed by atoms with Crippen molar-refractivity contribution in [1.82, 2.24) is 5.32 Å². The molecule has 2 N–H and O–H groups in total. The zero-order valence-electron chi connectivity index (χ0n) is 12.5. The Hall–Kier alpha value is -1.84. The summed E-state index contributed by atoms with van der Waals surface area (Å²) in [7, 11) is 0. The Bertz CT molecular complexity index is 513. The molecule has 2 rings (SSSR count). The number of hydrogen-bond donors (Lipinski definition) is 2. The molecule has 0 saturated carbocycles. The van der Waals surface area contributed by atoms with Crippen molar-refractivity contribution >= 4 is 11.9 Å². The first-order valence-electron chi connectivity index (χ1n) is 7.67. The fourth-order valence-electron chi connectivity index (χ4n) is 2.95. The van der Waals surface area contributed by atoms with Crippen molar-refractivity contribution in [2.75, 3.05) is 0 Å². The monoisotopic (exact) mass is 289 g/mol. The number of aryl methyl sites for hydroxylation is 1. The SMILES string of the molecule is CC1CCc2ccccc2C1NC(=O)CCCCC(=O)O. The fraction of sp³-hybridized carbons (Fsp3) is 0.529. The van der Waals surface area contributed by atoms with Crippen molar-refractivity contribution in [2.24, 2.45) is 5.92 Å². The van der Waals surface area contributed by atoms with Crippen molar-refractivity contribution in [3.8, 4) is 0 Å². The van der Waals surface area contributed by atoms with Crippen LogP contribution in [0.4, 0.5) is 0 Å². The van der Waals surface area contributed by atoms with Crippen molar-refractivity contribution in [3.05, 3.63) is 35.4 Å². The van der Waals surface area contributed by atoms with Gasteiger partial charge in [-0.2, -0.15) is 0 Å². The van der Waals surface area contributed by atoms with Gasteiger partial charge in [-0.3, -0.25) is 9.59 Å². The Labute approximate surface area is 125 Å². The van der Waals surface area contributed by atoms with Crippen LogP contribution in [0.3, 0.4) is 0 Å². The number of benzene rings is 1. The minimum atomic E-state index is -0.801. The van der Waals surface area contributed by atoms with E-state index in [9.17, 15) is 9.59 Å². The minimum Gasteiger partial charge on any atom is -0.481 e. The van der Waals surface area contributed by atoms with Gasteiger partial charge in [0.1, 0.15) is 0 Å². The van der Waals surface area contributed by atoms with Crippen LogP contribution in [-0.2, 0) is 16.0 Å². The second-order valence-electron chi connectivity index (χ2n) is 5.86. The Morgan fingerprint density at radius 2 is 1.95 bits per heavy atom. The smallest absolute Gasteiger partial charge is 0.303 e. The van der Waals surface area contributed by atoms with Gasteiger partial charge in [0.05, 0.1) is 6.04 Å². The number of carboxylic acid groups (broad SMARTS) is 1. The van der Waals surface area contributed by atoms with Crippen LogP contribution >= 0.6 is 0 Å². The average Bonchev–Trinajstić information content (AvgIpc) is 2.46. The molecule has 0 fully saturated rings. The molecule has 2 atom stereocenters. The van der Waals surface area contributed by atoms with Crippen LogP contribution in [0.2, 0.25) is 0 Å². The fourth-order valence-corrected chi connectivity index (χ4v) is 2.95. The molecule has 1 aromatic rings. The lowest BCUT2D eigenvalue weighted by Gasteiger charge is -2.32. The van der Waals surface area contributed by atoms with Crippen molar-refractivity contribution < 1.29 is 14.7 Å². The summed E-state index contributed by atoms with van der Waals surface area (Å²) in [5, 5.41) is 11.7. The number of carboxylic acids is 1. The average molecular weight is 289 g/mol. The first kappa shape index (κ1) is 15.5. The highest BCUT2D eigenvalue weighted by atomic mass is 16.4. The first-order valence-corrected chi connectivity index (χ1v) is 7.67. The summed E-state index contributed by atoms with van der Waals surface area (Å²) in [6.45, 7) is 2.17. The molecule has 4 heteroatoms. The van der Waals surface area contributed by atoms with Crippen molar-refractivity contribution in [2.45, 2.75) is 51.5 Å². The number of fused-ring (bicyclic) bond motifs is 1. The maximum absolute atomic E-state index is 12.1. The third-order valence-corrected chi connectivity index (χ3v) is 4.19. The molecule has 1 aliphatic carbocycles. The third-order valence-electron chi connectivity index (χ3n) is 4.19. The second kappa shape index (κ2) is 7.25. The lowest BCUT2D eigenvalue weighted by atomic mass is 9.80. The molecule has 4 nitrogen and oxygen atoms in total. The standard InChI is InChI=1S/C17H23NO3/c1-12-10-11-13-6-2-3-7-14(13)17(12)18-15(19)8-4-5-9-16(20)21/h2-3,6-7,12,17H,4-5,8-11H2,1H3,(H,18,19)(H,20,21). The van der Waals surface area contributed by atoms with Crippen LogP contribution in [-0.4, -0.2) is 17.0 Å². The quantitative estimate of drug-likeness (QED) is 0.791. The molecule has 1 amide bonds. The largest absolute Gasteiger partial charge is 0.481 e. The Balaban J connectivity index is 1.89.